The van der Waals surface area contributed by atoms with Crippen molar-refractivity contribution in [2.24, 2.45) is 7.05 Å². The number of hydrogen-bond donors (Lipinski definition) is 2. The van der Waals surface area contributed by atoms with Gasteiger partial charge in [0.2, 0.25) is 0 Å². The highest BCUT2D eigenvalue weighted by Gasteiger charge is 2.16. The van der Waals surface area contributed by atoms with Crippen LogP contribution in [0.4, 0.5) is 0 Å². The number of aryl methyl sites for hydroxylation is 1. The number of para-hydroxylation sites is 1. The Balaban J connectivity index is 2.25. The monoisotopic (exact) mass is 260 g/mol. The maximum absolute atomic E-state index is 12.1. The fourth-order valence-corrected chi connectivity index (χ4v) is 2.14. The van der Waals surface area contributed by atoms with E-state index in [1.807, 2.05) is 35.9 Å². The number of nitrogens with zero attached hydrogens (tertiary/aromatic N) is 1. The van der Waals surface area contributed by atoms with Crippen LogP contribution >= 0.6 is 0 Å². The summed E-state index contributed by atoms with van der Waals surface area (Å²) in [6.45, 7) is 1.68. The Kier molecular flexibility index (Phi) is 3.55. The van der Waals surface area contributed by atoms with Gasteiger partial charge in [-0.15, -0.1) is 0 Å². The molecule has 0 unspecified atom stereocenters. The molecule has 2 rings (SSSR count). The average molecular weight is 260 g/mol. The van der Waals surface area contributed by atoms with E-state index in [9.17, 15) is 9.59 Å². The predicted octanol–water partition coefficient (Wildman–Crippen LogP) is 1.77. The van der Waals surface area contributed by atoms with Crippen molar-refractivity contribution in [2.75, 3.05) is 0 Å². The van der Waals surface area contributed by atoms with Crippen LogP contribution in [0.1, 0.15) is 23.7 Å². The van der Waals surface area contributed by atoms with Gasteiger partial charge in [0.05, 0.1) is 12.0 Å². The van der Waals surface area contributed by atoms with E-state index in [-0.39, 0.29) is 12.3 Å². The zero-order chi connectivity index (χ0) is 14.0. The number of amides is 1. The molecule has 0 saturated carbocycles. The third kappa shape index (κ3) is 2.76. The van der Waals surface area contributed by atoms with Crippen molar-refractivity contribution >= 4 is 22.8 Å². The minimum atomic E-state index is -0.925. The minimum Gasteiger partial charge on any atom is -0.481 e. The minimum absolute atomic E-state index is 0.0868. The molecule has 19 heavy (non-hydrogen) atoms. The molecule has 1 aromatic heterocycles. The summed E-state index contributed by atoms with van der Waals surface area (Å²) in [5.41, 5.74) is 1.54. The summed E-state index contributed by atoms with van der Waals surface area (Å²) in [6, 6.07) is 7.21. The number of aromatic nitrogens is 1. The fourth-order valence-electron chi connectivity index (χ4n) is 2.14. The first kappa shape index (κ1) is 13.1. The van der Waals surface area contributed by atoms with Gasteiger partial charge in [-0.1, -0.05) is 18.2 Å². The van der Waals surface area contributed by atoms with E-state index in [0.29, 0.717) is 5.56 Å². The highest BCUT2D eigenvalue weighted by molar-refractivity contribution is 6.07. The van der Waals surface area contributed by atoms with Gasteiger partial charge in [0.1, 0.15) is 0 Å². The smallest absolute Gasteiger partial charge is 0.305 e. The van der Waals surface area contributed by atoms with E-state index in [2.05, 4.69) is 5.32 Å². The second-order valence-corrected chi connectivity index (χ2v) is 4.64. The first-order valence-corrected chi connectivity index (χ1v) is 6.05. The molecule has 2 aromatic rings. The SMILES string of the molecule is C[C@@H](CC(=O)O)NC(=O)c1cn(C)c2ccccc12. The summed E-state index contributed by atoms with van der Waals surface area (Å²) in [7, 11) is 1.87. The molecule has 0 bridgehead atoms. The van der Waals surface area contributed by atoms with Crippen molar-refractivity contribution in [3.8, 4) is 0 Å². The Morgan fingerprint density at radius 3 is 2.74 bits per heavy atom. The maximum atomic E-state index is 12.1. The van der Waals surface area contributed by atoms with Gasteiger partial charge in [-0.25, -0.2) is 0 Å². The van der Waals surface area contributed by atoms with Crippen LogP contribution in [0.5, 0.6) is 0 Å². The van der Waals surface area contributed by atoms with Gasteiger partial charge in [-0.05, 0) is 13.0 Å². The second kappa shape index (κ2) is 5.14. The molecule has 0 aliphatic carbocycles. The van der Waals surface area contributed by atoms with E-state index >= 15 is 0 Å². The third-order valence-electron chi connectivity index (χ3n) is 3.00. The lowest BCUT2D eigenvalue weighted by molar-refractivity contribution is -0.137. The second-order valence-electron chi connectivity index (χ2n) is 4.64. The molecule has 1 aromatic carbocycles. The van der Waals surface area contributed by atoms with Crippen molar-refractivity contribution in [3.05, 3.63) is 36.0 Å². The molecule has 0 spiro atoms. The number of carbonyl (C=O) groups is 2. The Hall–Kier alpha value is -2.30. The van der Waals surface area contributed by atoms with Gasteiger partial charge < -0.3 is 15.0 Å². The molecule has 0 aliphatic rings. The Morgan fingerprint density at radius 2 is 2.05 bits per heavy atom. The lowest BCUT2D eigenvalue weighted by Gasteiger charge is -2.10. The van der Waals surface area contributed by atoms with Crippen molar-refractivity contribution < 1.29 is 14.7 Å². The van der Waals surface area contributed by atoms with E-state index in [0.717, 1.165) is 10.9 Å². The largest absolute Gasteiger partial charge is 0.481 e. The van der Waals surface area contributed by atoms with Crippen LogP contribution in [0.3, 0.4) is 0 Å². The van der Waals surface area contributed by atoms with Gasteiger partial charge in [0.25, 0.3) is 5.91 Å². The molecule has 1 amide bonds. The number of benzene rings is 1. The zero-order valence-electron chi connectivity index (χ0n) is 10.9. The molecule has 5 nitrogen and oxygen atoms in total. The number of hydrogen-bond acceptors (Lipinski definition) is 2. The lowest BCUT2D eigenvalue weighted by Crippen LogP contribution is -2.34. The molecule has 0 aliphatic heterocycles. The van der Waals surface area contributed by atoms with Crippen molar-refractivity contribution in [3.63, 3.8) is 0 Å². The first-order chi connectivity index (χ1) is 8.99. The molecule has 5 heteroatoms. The average Bonchev–Trinajstić information content (AvgIpc) is 2.66. The van der Waals surface area contributed by atoms with E-state index in [1.165, 1.54) is 0 Å². The summed E-state index contributed by atoms with van der Waals surface area (Å²) in [6.07, 6.45) is 1.67. The van der Waals surface area contributed by atoms with Crippen LogP contribution in [0.25, 0.3) is 10.9 Å². The third-order valence-corrected chi connectivity index (χ3v) is 3.00. The fraction of sp³-hybridized carbons (Fsp3) is 0.286. The summed E-state index contributed by atoms with van der Waals surface area (Å²) in [4.78, 5) is 22.7. The standard InChI is InChI=1S/C14H16N2O3/c1-9(7-13(17)18)15-14(19)11-8-16(2)12-6-4-3-5-10(11)12/h3-6,8-9H,7H2,1-2H3,(H,15,19)(H,17,18)/t9-/m0/s1. The Morgan fingerprint density at radius 1 is 1.37 bits per heavy atom. The number of fused-ring (bicyclic) bond motifs is 1. The molecule has 0 radical (unpaired) electrons. The number of rotatable bonds is 4. The Labute approximate surface area is 110 Å². The van der Waals surface area contributed by atoms with E-state index in [1.54, 1.807) is 13.1 Å². The summed E-state index contributed by atoms with van der Waals surface area (Å²) in [5.74, 6) is -1.17. The molecule has 1 heterocycles. The van der Waals surface area contributed by atoms with Crippen molar-refractivity contribution in [1.29, 1.82) is 0 Å². The number of aliphatic carboxylic acids is 1. The van der Waals surface area contributed by atoms with Gasteiger partial charge in [-0.3, -0.25) is 9.59 Å². The molecule has 1 atom stereocenters. The van der Waals surface area contributed by atoms with E-state index < -0.39 is 12.0 Å². The first-order valence-electron chi connectivity index (χ1n) is 6.05. The van der Waals surface area contributed by atoms with Crippen LogP contribution in [0.2, 0.25) is 0 Å². The predicted molar refractivity (Wildman–Crippen MR) is 72.1 cm³/mol. The van der Waals surface area contributed by atoms with Crippen molar-refractivity contribution in [1.82, 2.24) is 9.88 Å². The number of carboxylic acid groups (broad SMARTS) is 1. The number of carboxylic acids is 1. The van der Waals surface area contributed by atoms with E-state index in [4.69, 9.17) is 5.11 Å². The van der Waals surface area contributed by atoms with Gasteiger partial charge in [0.15, 0.2) is 0 Å². The van der Waals surface area contributed by atoms with Crippen LogP contribution in [0.15, 0.2) is 30.5 Å². The topological polar surface area (TPSA) is 71.3 Å². The normalized spacial score (nSPS) is 12.3. The summed E-state index contributed by atoms with van der Waals surface area (Å²) >= 11 is 0. The maximum Gasteiger partial charge on any atom is 0.305 e. The molecule has 0 fully saturated rings. The van der Waals surface area contributed by atoms with Gasteiger partial charge >= 0.3 is 5.97 Å². The number of nitrogens with one attached hydrogen (secondary N) is 1. The highest BCUT2D eigenvalue weighted by atomic mass is 16.4. The van der Waals surface area contributed by atoms with Gasteiger partial charge in [0, 0.05) is 30.2 Å². The molecule has 100 valence electrons. The number of carbonyl (C=O) groups excluding carboxylic acids is 1. The molecular weight excluding hydrogens is 244 g/mol. The van der Waals surface area contributed by atoms with Gasteiger partial charge in [-0.2, -0.15) is 0 Å². The Bertz CT molecular complexity index is 631. The zero-order valence-corrected chi connectivity index (χ0v) is 10.9. The van der Waals surface area contributed by atoms with Crippen LogP contribution in [0, 0.1) is 0 Å². The molecule has 2 N–H and O–H groups in total. The van der Waals surface area contributed by atoms with Crippen molar-refractivity contribution in [2.45, 2.75) is 19.4 Å². The van der Waals surface area contributed by atoms with Crippen LogP contribution in [-0.4, -0.2) is 27.6 Å². The quantitative estimate of drug-likeness (QED) is 0.880. The summed E-state index contributed by atoms with van der Waals surface area (Å²) in [5, 5.41) is 12.3. The summed E-state index contributed by atoms with van der Waals surface area (Å²) < 4.78 is 1.88. The lowest BCUT2D eigenvalue weighted by atomic mass is 10.1. The molecular formula is C14H16N2O3. The highest BCUT2D eigenvalue weighted by Crippen LogP contribution is 2.20. The van der Waals surface area contributed by atoms with Crippen LogP contribution < -0.4 is 5.32 Å². The van der Waals surface area contributed by atoms with Crippen LogP contribution in [-0.2, 0) is 11.8 Å². The molecule has 0 saturated heterocycles.